The maximum atomic E-state index is 11.6. The highest BCUT2D eigenvalue weighted by atomic mass is 32.2. The van der Waals surface area contributed by atoms with Crippen LogP contribution in [-0.4, -0.2) is 343 Å². The minimum atomic E-state index is -2.92. The van der Waals surface area contributed by atoms with Crippen LogP contribution in [0.3, 0.4) is 0 Å². The van der Waals surface area contributed by atoms with Gasteiger partial charge in [-0.05, 0) is 190 Å². The van der Waals surface area contributed by atoms with Crippen LogP contribution in [0.5, 0.6) is 0 Å². The highest BCUT2D eigenvalue weighted by Crippen LogP contribution is 2.62. The van der Waals surface area contributed by atoms with Crippen molar-refractivity contribution in [1.82, 2.24) is 0 Å². The van der Waals surface area contributed by atoms with Gasteiger partial charge in [0.2, 0.25) is 0 Å². The molecule has 0 N–H and O–H groups in total. The number of carbonyl (C=O) groups excluding carboxylic acids is 4. The Labute approximate surface area is 750 Å². The molecule has 0 radical (unpaired) electrons. The summed E-state index contributed by atoms with van der Waals surface area (Å²) in [5.74, 6) is -3.24. The van der Waals surface area contributed by atoms with Crippen molar-refractivity contribution in [2.75, 3.05) is 253 Å². The molecule has 0 aliphatic heterocycles. The standard InChI is InChI=1S/7C11H26O2PS.2C2H2O4.BO3/c7*1-5-10-15(12,13)11-9-14(6-2,7-3)8-4;2*3-1(4)2(5)6;2-1(3)4/h7*5-11H2,1-4H3;2*(H,3,4)(H,5,6);/q7*+1;;;-3/p-4. The number of rotatable bonds is 56. The summed E-state index contributed by atoms with van der Waals surface area (Å²) < 4.78 is 163. The summed E-state index contributed by atoms with van der Waals surface area (Å²) in [6, 6.07) is 0. The zero-order valence-electron chi connectivity index (χ0n) is 81.4. The van der Waals surface area contributed by atoms with Crippen molar-refractivity contribution < 1.29 is 114 Å². The summed E-state index contributed by atoms with van der Waals surface area (Å²) in [6.07, 6.45) is 37.0. The summed E-state index contributed by atoms with van der Waals surface area (Å²) in [4.78, 5) is 35.7. The van der Waals surface area contributed by atoms with Crippen LogP contribution < -0.4 is 35.5 Å². The number of aliphatic carboxylic acids is 4. The van der Waals surface area contributed by atoms with Crippen LogP contribution in [0.1, 0.15) is 239 Å². The van der Waals surface area contributed by atoms with Crippen LogP contribution >= 0.6 is 50.8 Å². The second-order valence-corrected chi connectivity index (χ2v) is 81.9. The van der Waals surface area contributed by atoms with E-state index >= 15 is 0 Å². The monoisotopic (exact) mass is 2010 g/mol. The minimum Gasteiger partial charge on any atom is -0.907 e. The molecule has 0 fully saturated rings. The fourth-order valence-electron chi connectivity index (χ4n) is 13.2. The third kappa shape index (κ3) is 76.7. The van der Waals surface area contributed by atoms with Crippen molar-refractivity contribution in [1.29, 1.82) is 0 Å². The van der Waals surface area contributed by atoms with E-state index in [0.717, 1.165) is 88.1 Å². The topological polar surface area (TPSA) is 469 Å². The maximum Gasteiger partial charge on any atom is 0.153 e. The van der Waals surface area contributed by atoms with Crippen LogP contribution in [0.2, 0.25) is 0 Å². The summed E-state index contributed by atoms with van der Waals surface area (Å²) in [6.45, 7) is 60.0. The van der Waals surface area contributed by atoms with Crippen molar-refractivity contribution >= 4 is 151 Å². The molecule has 40 heteroatoms. The predicted octanol–water partition coefficient (Wildman–Crippen LogP) is 9.24. The normalized spacial score (nSPS) is 12.3. The van der Waals surface area contributed by atoms with E-state index in [9.17, 15) is 58.9 Å². The lowest BCUT2D eigenvalue weighted by Gasteiger charge is -2.35. The van der Waals surface area contributed by atoms with Gasteiger partial charge in [0.15, 0.2) is 68.9 Å². The van der Waals surface area contributed by atoms with E-state index in [1.165, 1.54) is 129 Å². The molecule has 736 valence electrons. The van der Waals surface area contributed by atoms with E-state index < -0.39 is 151 Å². The highest BCUT2D eigenvalue weighted by molar-refractivity contribution is 7.94. The summed E-state index contributed by atoms with van der Waals surface area (Å²) in [5, 5.41) is 61.0. The van der Waals surface area contributed by atoms with Crippen molar-refractivity contribution in [2.24, 2.45) is 0 Å². The van der Waals surface area contributed by atoms with E-state index in [1.807, 2.05) is 48.5 Å². The van der Waals surface area contributed by atoms with Gasteiger partial charge in [-0.2, -0.15) is 0 Å². The molecule has 0 aromatic carbocycles. The van der Waals surface area contributed by atoms with Gasteiger partial charge in [-0.15, -0.1) is 0 Å². The summed E-state index contributed by atoms with van der Waals surface area (Å²) in [5.41, 5.74) is 0. The van der Waals surface area contributed by atoms with Gasteiger partial charge in [-0.25, -0.2) is 58.9 Å². The second-order valence-electron chi connectivity index (χ2n) is 30.6. The van der Waals surface area contributed by atoms with Gasteiger partial charge < -0.3 is 54.7 Å². The molecular formula is C81H182BO25P7S7. The van der Waals surface area contributed by atoms with Gasteiger partial charge in [-0.1, -0.05) is 48.5 Å². The van der Waals surface area contributed by atoms with Crippen LogP contribution in [0.25, 0.3) is 0 Å². The lowest BCUT2D eigenvalue weighted by molar-refractivity contribution is -0.479. The molecule has 0 heterocycles. The van der Waals surface area contributed by atoms with Crippen LogP contribution in [-0.2, 0) is 88.0 Å². The molecule has 121 heavy (non-hydrogen) atoms. The zero-order valence-corrected chi connectivity index (χ0v) is 93.4. The van der Waals surface area contributed by atoms with E-state index in [2.05, 4.69) is 145 Å². The Bertz CT molecular complexity index is 2750. The fourth-order valence-corrected chi connectivity index (χ4v) is 53.7. The lowest BCUT2D eigenvalue weighted by Crippen LogP contribution is -2.56. The molecular weight excluding hydrogens is 1820 g/mol. The molecule has 0 aromatic heterocycles. The van der Waals surface area contributed by atoms with Crippen LogP contribution in [0.15, 0.2) is 0 Å². The maximum absolute atomic E-state index is 11.6. The molecule has 0 aliphatic carbocycles. The first kappa shape index (κ1) is 142. The molecule has 0 rings (SSSR count). The van der Waals surface area contributed by atoms with Crippen LogP contribution in [0, 0.1) is 0 Å². The molecule has 0 saturated heterocycles. The first-order chi connectivity index (χ1) is 55.7. The largest absolute Gasteiger partial charge is 0.907 e. The molecule has 0 bridgehead atoms. The fraction of sp³-hybridized carbons (Fsp3) is 0.951. The third-order valence-electron chi connectivity index (χ3n) is 24.2. The molecule has 0 unspecified atom stereocenters. The predicted molar refractivity (Wildman–Crippen MR) is 532 cm³/mol. The number of carboxylic acids is 4. The Morgan fingerprint density at radius 2 is 0.240 bits per heavy atom. The van der Waals surface area contributed by atoms with Crippen molar-refractivity contribution in [3.63, 3.8) is 0 Å². The minimum absolute atomic E-state index is 0.365. The number of sulfone groups is 7. The van der Waals surface area contributed by atoms with Crippen molar-refractivity contribution in [3.8, 4) is 0 Å². The Balaban J connectivity index is -0.000000144. The average molecular weight is 2010 g/mol. The van der Waals surface area contributed by atoms with E-state index in [1.54, 1.807) is 0 Å². The number of hydrogen-bond donors (Lipinski definition) is 0. The van der Waals surface area contributed by atoms with Gasteiger partial charge in [0.05, 0.1) is 277 Å². The Morgan fingerprint density at radius 3 is 0.281 bits per heavy atom. The Hall–Kier alpha value is 0.485. The van der Waals surface area contributed by atoms with Gasteiger partial charge in [-0.3, -0.25) is 7.32 Å². The molecule has 0 amide bonds. The first-order valence-electron chi connectivity index (χ1n) is 44.9. The zero-order chi connectivity index (χ0) is 97.5. The molecule has 0 saturated carbocycles. The molecule has 0 spiro atoms. The van der Waals surface area contributed by atoms with Crippen molar-refractivity contribution in [3.05, 3.63) is 0 Å². The molecule has 0 aliphatic rings. The number of carboxylic acid groups (broad SMARTS) is 4. The molecule has 25 nitrogen and oxygen atoms in total. The molecule has 0 atom stereocenters. The SMILES string of the molecule is CCCS(=O)(=O)CC[P+](CC)(CC)CC.CCCS(=O)(=O)CC[P+](CC)(CC)CC.CCCS(=O)(=O)CC[P+](CC)(CC)CC.CCCS(=O)(=O)CC[P+](CC)(CC)CC.CCCS(=O)(=O)CC[P+](CC)(CC)CC.CCCS(=O)(=O)CC[P+](CC)(CC)CC.CCCS(=O)(=O)CC[P+](CC)(CC)CC.O=C([O-])C(=O)[O-].O=C([O-])C(=O)[O-].[O-]B([O-])[O-]. The smallest absolute Gasteiger partial charge is 0.153 e. The van der Waals surface area contributed by atoms with Crippen LogP contribution in [0.4, 0.5) is 0 Å². The summed E-state index contributed by atoms with van der Waals surface area (Å²) in [7, 11) is -28.9. The van der Waals surface area contributed by atoms with Gasteiger partial charge in [0, 0.05) is 50.8 Å². The Kier molecular flexibility index (Phi) is 91.5. The lowest BCUT2D eigenvalue weighted by atomic mass is 10.3. The summed E-state index contributed by atoms with van der Waals surface area (Å²) >= 11 is 0. The van der Waals surface area contributed by atoms with E-state index in [4.69, 9.17) is 54.7 Å². The van der Waals surface area contributed by atoms with Crippen molar-refractivity contribution in [2.45, 2.75) is 239 Å². The van der Waals surface area contributed by atoms with E-state index in [-0.39, 0.29) is 0 Å². The number of carbonyl (C=O) groups is 4. The quantitative estimate of drug-likeness (QED) is 0.0311. The average Bonchev–Trinajstić information content (AvgIpc) is 0.907. The second kappa shape index (κ2) is 78.0. The van der Waals surface area contributed by atoms with Gasteiger partial charge in [0.1, 0.15) is 0 Å². The van der Waals surface area contributed by atoms with E-state index in [0.29, 0.717) is 80.5 Å². The highest BCUT2D eigenvalue weighted by Gasteiger charge is 2.38. The third-order valence-corrected chi connectivity index (χ3v) is 75.7. The number of hydrogen-bond acceptors (Lipinski definition) is 25. The first-order valence-corrected chi connectivity index (χ1v) is 75.3. The Morgan fingerprint density at radius 1 is 0.174 bits per heavy atom. The molecule has 0 aromatic rings. The van der Waals surface area contributed by atoms with Gasteiger partial charge in [0.25, 0.3) is 0 Å². The van der Waals surface area contributed by atoms with Gasteiger partial charge >= 0.3 is 0 Å².